The van der Waals surface area contributed by atoms with Gasteiger partial charge in [0.05, 0.1) is 18.8 Å². The fraction of sp³-hybridized carbons (Fsp3) is 0.481. The second-order valence-electron chi connectivity index (χ2n) is 10.0. The number of aromatic nitrogens is 2. The van der Waals surface area contributed by atoms with Crippen molar-refractivity contribution in [2.75, 3.05) is 30.3 Å². The van der Waals surface area contributed by atoms with Crippen LogP contribution < -0.4 is 22.2 Å². The molecule has 1 aliphatic carbocycles. The molecule has 2 aliphatic heterocycles. The van der Waals surface area contributed by atoms with Gasteiger partial charge in [0.2, 0.25) is 5.91 Å². The van der Waals surface area contributed by atoms with Crippen LogP contribution in [0.15, 0.2) is 42.5 Å². The molecule has 2 fully saturated rings. The molecule has 4 heterocycles. The van der Waals surface area contributed by atoms with Gasteiger partial charge in [-0.05, 0) is 66.8 Å². The van der Waals surface area contributed by atoms with E-state index in [2.05, 4.69) is 23.0 Å². The Balaban J connectivity index is 0.000000222. The molecule has 0 aromatic carbocycles. The van der Waals surface area contributed by atoms with Crippen LogP contribution in [0, 0.1) is 0 Å². The number of carbonyl (C=O) groups is 2. The summed E-state index contributed by atoms with van der Waals surface area (Å²) in [6.07, 6.45) is 10.7. The number of hydrogen-bond donors (Lipinski definition) is 3. The maximum Gasteiger partial charge on any atom is 0.242 e. The number of allylic oxidation sites excluding steroid dienone is 1. The average molecular weight is 507 g/mol. The third-order valence-corrected chi connectivity index (χ3v) is 7.47. The highest BCUT2D eigenvalue weighted by Gasteiger charge is 2.35. The third-order valence-electron chi connectivity index (χ3n) is 7.47. The first-order chi connectivity index (χ1) is 17.8. The summed E-state index contributed by atoms with van der Waals surface area (Å²) in [7, 11) is 0. The zero-order chi connectivity index (χ0) is 26.5. The van der Waals surface area contributed by atoms with E-state index in [1.807, 2.05) is 28.1 Å². The number of Topliss-reactive ketones (excluding diaryl/α,β-unsaturated/α-hetero) is 1. The van der Waals surface area contributed by atoms with E-state index in [1.54, 1.807) is 6.20 Å². The van der Waals surface area contributed by atoms with Crippen LogP contribution in [0.1, 0.15) is 62.1 Å². The first-order valence-corrected chi connectivity index (χ1v) is 13.0. The number of nitrogen functional groups attached to an aromatic ring is 1. The Kier molecular flexibility index (Phi) is 8.27. The highest BCUT2D eigenvalue weighted by Crippen LogP contribution is 2.36. The quantitative estimate of drug-likeness (QED) is 0.304. The lowest BCUT2D eigenvalue weighted by Gasteiger charge is -2.37. The van der Waals surface area contributed by atoms with Crippen molar-refractivity contribution in [3.63, 3.8) is 0 Å². The maximum atomic E-state index is 12.2. The largest absolute Gasteiger partial charge is 0.395 e. The van der Waals surface area contributed by atoms with Gasteiger partial charge < -0.3 is 26.3 Å². The van der Waals surface area contributed by atoms with Crippen molar-refractivity contribution < 1.29 is 9.59 Å². The van der Waals surface area contributed by atoms with E-state index in [0.29, 0.717) is 19.1 Å². The summed E-state index contributed by atoms with van der Waals surface area (Å²) in [6.45, 7) is 6.10. The van der Waals surface area contributed by atoms with E-state index >= 15 is 0 Å². The number of carbonyl (C=O) groups excluding carboxylic acids is 2. The summed E-state index contributed by atoms with van der Waals surface area (Å²) in [4.78, 5) is 35.9. The summed E-state index contributed by atoms with van der Waals surface area (Å²) in [6, 6.07) is 6.25. The molecule has 2 atom stereocenters. The van der Waals surface area contributed by atoms with Gasteiger partial charge in [0.15, 0.2) is 5.78 Å². The van der Waals surface area contributed by atoms with Gasteiger partial charge in [0.25, 0.3) is 0 Å². The Morgan fingerprint density at radius 3 is 2.76 bits per heavy atom. The first-order valence-electron chi connectivity index (χ1n) is 13.0. The van der Waals surface area contributed by atoms with E-state index in [0.717, 1.165) is 55.5 Å². The van der Waals surface area contributed by atoms with E-state index in [1.165, 1.54) is 42.1 Å². The minimum atomic E-state index is -0.223. The van der Waals surface area contributed by atoms with E-state index in [4.69, 9.17) is 17.3 Å². The molecule has 2 unspecified atom stereocenters. The van der Waals surface area contributed by atoms with Crippen molar-refractivity contribution in [3.8, 4) is 0 Å². The highest BCUT2D eigenvalue weighted by molar-refractivity contribution is 5.92. The lowest BCUT2D eigenvalue weighted by atomic mass is 10.00. The molecule has 37 heavy (non-hydrogen) atoms. The van der Waals surface area contributed by atoms with Crippen molar-refractivity contribution in [2.24, 2.45) is 11.6 Å². The molecule has 0 spiro atoms. The van der Waals surface area contributed by atoms with Crippen LogP contribution in [0.3, 0.4) is 0 Å². The predicted octanol–water partition coefficient (Wildman–Crippen LogP) is 2.06. The molecule has 5 rings (SSSR count). The van der Waals surface area contributed by atoms with Gasteiger partial charge in [0, 0.05) is 44.6 Å². The van der Waals surface area contributed by atoms with Crippen molar-refractivity contribution in [1.29, 1.82) is 0 Å². The Morgan fingerprint density at radius 1 is 1.24 bits per heavy atom. The topological polar surface area (TPSA) is 148 Å². The molecule has 2 aromatic heterocycles. The van der Waals surface area contributed by atoms with Crippen molar-refractivity contribution in [3.05, 3.63) is 59.2 Å². The number of hydrazine groups is 1. The summed E-state index contributed by atoms with van der Waals surface area (Å²) in [5.41, 5.74) is 15.1. The number of anilines is 2. The lowest BCUT2D eigenvalue weighted by Crippen LogP contribution is -2.54. The minimum Gasteiger partial charge on any atom is -0.395 e. The van der Waals surface area contributed by atoms with Crippen molar-refractivity contribution in [2.45, 2.75) is 64.5 Å². The molecular weight excluding hydrogens is 468 g/mol. The van der Waals surface area contributed by atoms with Crippen LogP contribution >= 0.6 is 0 Å². The van der Waals surface area contributed by atoms with Gasteiger partial charge in [0.1, 0.15) is 11.6 Å². The summed E-state index contributed by atoms with van der Waals surface area (Å²) in [5.74, 6) is 8.06. The number of ketones is 1. The van der Waals surface area contributed by atoms with Crippen LogP contribution in [0.5, 0.6) is 0 Å². The number of hydrogen-bond acceptors (Lipinski definition) is 9. The Hall–Kier alpha value is -3.66. The summed E-state index contributed by atoms with van der Waals surface area (Å²) in [5, 5.41) is 1.36. The maximum absolute atomic E-state index is 12.2. The van der Waals surface area contributed by atoms with Crippen molar-refractivity contribution >= 4 is 23.3 Å². The van der Waals surface area contributed by atoms with Gasteiger partial charge in [-0.15, -0.1) is 0 Å². The molecule has 3 aliphatic rings. The molecule has 10 heteroatoms. The number of nitrogens with two attached hydrogens (primary N) is 3. The van der Waals surface area contributed by atoms with Crippen LogP contribution in [-0.2, 0) is 22.6 Å². The average Bonchev–Trinajstić information content (AvgIpc) is 3.53. The van der Waals surface area contributed by atoms with E-state index in [9.17, 15) is 9.59 Å². The fourth-order valence-electron chi connectivity index (χ4n) is 5.40. The van der Waals surface area contributed by atoms with Crippen LogP contribution in [0.2, 0.25) is 0 Å². The molecule has 2 aromatic rings. The monoisotopic (exact) mass is 506 g/mol. The molecule has 198 valence electrons. The number of amides is 1. The Morgan fingerprint density at radius 2 is 2.05 bits per heavy atom. The van der Waals surface area contributed by atoms with Crippen LogP contribution in [0.25, 0.3) is 0 Å². The second kappa shape index (κ2) is 11.6. The molecule has 10 nitrogen and oxygen atoms in total. The molecule has 0 radical (unpaired) electrons. The zero-order valence-electron chi connectivity index (χ0n) is 21.8. The molecule has 6 N–H and O–H groups in total. The minimum absolute atomic E-state index is 0.111. The smallest absolute Gasteiger partial charge is 0.242 e. The van der Waals surface area contributed by atoms with Gasteiger partial charge in [-0.1, -0.05) is 13.0 Å². The van der Waals surface area contributed by atoms with Gasteiger partial charge >= 0.3 is 0 Å². The normalized spacial score (nSPS) is 20.7. The number of pyridine rings is 2. The number of rotatable bonds is 6. The number of nitrogens with zero attached hydrogens (tertiary/aromatic N) is 5. The fourth-order valence-corrected chi connectivity index (χ4v) is 5.40. The van der Waals surface area contributed by atoms with E-state index in [-0.39, 0.29) is 17.4 Å². The second-order valence-corrected chi connectivity index (χ2v) is 10.0. The summed E-state index contributed by atoms with van der Waals surface area (Å²) < 4.78 is 0. The lowest BCUT2D eigenvalue weighted by molar-refractivity contribution is -0.132. The van der Waals surface area contributed by atoms with Crippen LogP contribution in [0.4, 0.5) is 11.6 Å². The molecule has 2 saturated heterocycles. The zero-order valence-corrected chi connectivity index (χ0v) is 21.8. The van der Waals surface area contributed by atoms with Gasteiger partial charge in [-0.25, -0.2) is 15.8 Å². The predicted molar refractivity (Wildman–Crippen MR) is 144 cm³/mol. The Labute approximate surface area is 218 Å². The van der Waals surface area contributed by atoms with Gasteiger partial charge in [-0.3, -0.25) is 9.59 Å². The SMILES string of the molecule is CC(=O)/C(N)=C/N(N)Cc1ccc(N2CC(=O)N3CCCC3C2)nc1.CCC1CCc2c1ccnc2N. The Bertz CT molecular complexity index is 1150. The molecule has 0 saturated carbocycles. The number of fused-ring (bicyclic) bond motifs is 2. The highest BCUT2D eigenvalue weighted by atomic mass is 16.2. The third kappa shape index (κ3) is 6.19. The summed E-state index contributed by atoms with van der Waals surface area (Å²) >= 11 is 0. The van der Waals surface area contributed by atoms with E-state index < -0.39 is 0 Å². The molecule has 1 amide bonds. The number of piperazine rings is 1. The molecule has 0 bridgehead atoms. The van der Waals surface area contributed by atoms with Crippen LogP contribution in [-0.4, -0.2) is 57.2 Å². The van der Waals surface area contributed by atoms with Gasteiger partial charge in [-0.2, -0.15) is 0 Å². The first kappa shape index (κ1) is 26.4. The molecular formula is C27H38N8O2. The van der Waals surface area contributed by atoms with Crippen molar-refractivity contribution in [1.82, 2.24) is 19.9 Å². The standard InChI is InChI=1S/C17H24N6O2.C10H14N2/c1-12(24)15(18)10-22(19)8-13-4-5-16(20-7-13)21-9-14-3-2-6-23(14)17(25)11-21;1-2-7-3-4-9-8(7)5-6-12-10(9)11/h4-5,7,10,14H,2-3,6,8-9,11,18-19H2,1H3;5-7H,2-4H2,1H3,(H2,11,12)/b15-10-;.